The quantitative estimate of drug-likeness (QED) is 0.515. The van der Waals surface area contributed by atoms with Crippen molar-refractivity contribution in [2.75, 3.05) is 11.9 Å². The normalized spacial score (nSPS) is 10.9. The Hall–Kier alpha value is -3.80. The zero-order chi connectivity index (χ0) is 19.5. The zero-order valence-electron chi connectivity index (χ0n) is 14.8. The molecule has 0 spiro atoms. The molecule has 0 saturated carbocycles. The molecule has 0 bridgehead atoms. The number of phenols is 1. The third-order valence-corrected chi connectivity index (χ3v) is 4.40. The number of benzene rings is 3. The van der Waals surface area contributed by atoms with Crippen LogP contribution in [-0.2, 0) is 20.7 Å². The van der Waals surface area contributed by atoms with E-state index >= 15 is 0 Å². The smallest absolute Gasteiger partial charge is 0.310 e. The van der Waals surface area contributed by atoms with Crippen LogP contribution in [0.4, 0.5) is 5.69 Å². The van der Waals surface area contributed by atoms with Gasteiger partial charge in [-0.05, 0) is 23.6 Å². The number of amides is 1. The Kier molecular flexibility index (Phi) is 4.68. The topological polar surface area (TPSA) is 88.8 Å². The van der Waals surface area contributed by atoms with Crippen LogP contribution in [0.25, 0.3) is 21.7 Å². The number of phenolic OH excluding ortho intramolecular Hbond substituents is 1. The standard InChI is InChI=1S/C22H17NO5/c24-16-8-9-18-15(12-27-20(18)11-16)10-22(26)28-13-21(25)23-19-7-3-5-14-4-1-2-6-17(14)19/h1-9,11-12,24H,10,13H2,(H,23,25). The molecule has 3 aromatic carbocycles. The first-order chi connectivity index (χ1) is 13.6. The van der Waals surface area contributed by atoms with E-state index in [4.69, 9.17) is 9.15 Å². The van der Waals surface area contributed by atoms with Crippen LogP contribution < -0.4 is 5.32 Å². The highest BCUT2D eigenvalue weighted by Crippen LogP contribution is 2.25. The summed E-state index contributed by atoms with van der Waals surface area (Å²) < 4.78 is 10.4. The Labute approximate surface area is 160 Å². The van der Waals surface area contributed by atoms with Crippen LogP contribution in [0.15, 0.2) is 71.3 Å². The zero-order valence-corrected chi connectivity index (χ0v) is 14.8. The van der Waals surface area contributed by atoms with Gasteiger partial charge in [-0.25, -0.2) is 0 Å². The van der Waals surface area contributed by atoms with E-state index in [-0.39, 0.29) is 18.8 Å². The number of aromatic hydroxyl groups is 1. The molecule has 0 atom stereocenters. The van der Waals surface area contributed by atoms with E-state index in [1.807, 2.05) is 36.4 Å². The van der Waals surface area contributed by atoms with E-state index in [0.717, 1.165) is 16.2 Å². The van der Waals surface area contributed by atoms with Crippen LogP contribution in [0, 0.1) is 0 Å². The van der Waals surface area contributed by atoms with Gasteiger partial charge in [-0.1, -0.05) is 36.4 Å². The second-order valence-electron chi connectivity index (χ2n) is 6.35. The molecule has 6 heteroatoms. The molecule has 0 saturated heterocycles. The number of furan rings is 1. The predicted molar refractivity (Wildman–Crippen MR) is 105 cm³/mol. The Morgan fingerprint density at radius 1 is 1.00 bits per heavy atom. The number of hydrogen-bond donors (Lipinski definition) is 2. The highest BCUT2D eigenvalue weighted by molar-refractivity contribution is 6.02. The minimum absolute atomic E-state index is 0.0284. The lowest BCUT2D eigenvalue weighted by Gasteiger charge is -2.09. The van der Waals surface area contributed by atoms with Gasteiger partial charge in [0.15, 0.2) is 6.61 Å². The van der Waals surface area contributed by atoms with Crippen molar-refractivity contribution in [1.29, 1.82) is 0 Å². The number of ether oxygens (including phenoxy) is 1. The Bertz CT molecular complexity index is 1170. The van der Waals surface area contributed by atoms with Gasteiger partial charge in [-0.3, -0.25) is 9.59 Å². The average Bonchev–Trinajstić information content (AvgIpc) is 3.08. The molecule has 0 aliphatic carbocycles. The van der Waals surface area contributed by atoms with Crippen molar-refractivity contribution >= 4 is 39.3 Å². The molecule has 0 fully saturated rings. The molecular formula is C22H17NO5. The van der Waals surface area contributed by atoms with Crippen molar-refractivity contribution < 1.29 is 23.8 Å². The maximum absolute atomic E-state index is 12.2. The van der Waals surface area contributed by atoms with Crippen molar-refractivity contribution in [3.63, 3.8) is 0 Å². The summed E-state index contributed by atoms with van der Waals surface area (Å²) in [5.41, 5.74) is 1.78. The van der Waals surface area contributed by atoms with E-state index in [9.17, 15) is 14.7 Å². The van der Waals surface area contributed by atoms with Crippen molar-refractivity contribution in [2.45, 2.75) is 6.42 Å². The highest BCUT2D eigenvalue weighted by atomic mass is 16.5. The molecule has 140 valence electrons. The molecule has 4 rings (SSSR count). The van der Waals surface area contributed by atoms with Crippen LogP contribution in [0.1, 0.15) is 5.56 Å². The molecule has 28 heavy (non-hydrogen) atoms. The monoisotopic (exact) mass is 375 g/mol. The Morgan fingerprint density at radius 3 is 2.71 bits per heavy atom. The highest BCUT2D eigenvalue weighted by Gasteiger charge is 2.14. The lowest BCUT2D eigenvalue weighted by Crippen LogP contribution is -2.21. The van der Waals surface area contributed by atoms with Crippen molar-refractivity contribution in [3.05, 3.63) is 72.5 Å². The van der Waals surface area contributed by atoms with Gasteiger partial charge in [0, 0.05) is 28.1 Å². The van der Waals surface area contributed by atoms with E-state index in [1.54, 1.807) is 12.1 Å². The minimum Gasteiger partial charge on any atom is -0.508 e. The summed E-state index contributed by atoms with van der Waals surface area (Å²) in [7, 11) is 0. The van der Waals surface area contributed by atoms with Crippen LogP contribution in [0.5, 0.6) is 5.75 Å². The second kappa shape index (κ2) is 7.44. The van der Waals surface area contributed by atoms with E-state index < -0.39 is 11.9 Å². The third-order valence-electron chi connectivity index (χ3n) is 4.40. The fourth-order valence-electron chi connectivity index (χ4n) is 3.08. The Morgan fingerprint density at radius 2 is 1.82 bits per heavy atom. The van der Waals surface area contributed by atoms with Crippen LogP contribution >= 0.6 is 0 Å². The van der Waals surface area contributed by atoms with E-state index in [0.29, 0.717) is 16.8 Å². The van der Waals surface area contributed by atoms with E-state index in [1.165, 1.54) is 18.4 Å². The van der Waals surface area contributed by atoms with Crippen LogP contribution in [0.3, 0.4) is 0 Å². The summed E-state index contributed by atoms with van der Waals surface area (Å²) in [6.45, 7) is -0.376. The second-order valence-corrected chi connectivity index (χ2v) is 6.35. The van der Waals surface area contributed by atoms with Gasteiger partial charge in [0.2, 0.25) is 0 Å². The first-order valence-corrected chi connectivity index (χ1v) is 8.72. The molecule has 0 unspecified atom stereocenters. The van der Waals surface area contributed by atoms with Crippen molar-refractivity contribution in [2.24, 2.45) is 0 Å². The van der Waals surface area contributed by atoms with Gasteiger partial charge in [0.25, 0.3) is 5.91 Å². The number of nitrogens with one attached hydrogen (secondary N) is 1. The molecule has 0 radical (unpaired) electrons. The fraction of sp³-hybridized carbons (Fsp3) is 0.0909. The maximum Gasteiger partial charge on any atom is 0.310 e. The molecule has 0 aliphatic heterocycles. The number of fused-ring (bicyclic) bond motifs is 2. The van der Waals surface area contributed by atoms with Crippen LogP contribution in [0.2, 0.25) is 0 Å². The lowest BCUT2D eigenvalue weighted by molar-refractivity contribution is -0.146. The summed E-state index contributed by atoms with van der Waals surface area (Å²) in [6, 6.07) is 18.0. The summed E-state index contributed by atoms with van der Waals surface area (Å²) >= 11 is 0. The maximum atomic E-state index is 12.2. The van der Waals surface area contributed by atoms with Gasteiger partial charge >= 0.3 is 5.97 Å². The molecule has 1 heterocycles. The number of carbonyl (C=O) groups excluding carboxylic acids is 2. The first-order valence-electron chi connectivity index (χ1n) is 8.72. The molecule has 6 nitrogen and oxygen atoms in total. The van der Waals surface area contributed by atoms with Gasteiger partial charge in [0.05, 0.1) is 12.7 Å². The number of anilines is 1. The third kappa shape index (κ3) is 3.66. The summed E-state index contributed by atoms with van der Waals surface area (Å²) in [5.74, 6) is -0.864. The molecule has 4 aromatic rings. The van der Waals surface area contributed by atoms with E-state index in [2.05, 4.69) is 5.32 Å². The van der Waals surface area contributed by atoms with Gasteiger partial charge < -0.3 is 19.6 Å². The van der Waals surface area contributed by atoms with Gasteiger partial charge in [0.1, 0.15) is 11.3 Å². The lowest BCUT2D eigenvalue weighted by atomic mass is 10.1. The number of esters is 1. The van der Waals surface area contributed by atoms with Crippen molar-refractivity contribution in [1.82, 2.24) is 0 Å². The van der Waals surface area contributed by atoms with Gasteiger partial charge in [-0.15, -0.1) is 0 Å². The summed E-state index contributed by atoms with van der Waals surface area (Å²) in [6.07, 6.45) is 1.42. The molecular weight excluding hydrogens is 358 g/mol. The minimum atomic E-state index is -0.538. The molecule has 1 amide bonds. The predicted octanol–water partition coefficient (Wildman–Crippen LogP) is 4.02. The summed E-state index contributed by atoms with van der Waals surface area (Å²) in [5, 5.41) is 14.9. The fourth-order valence-corrected chi connectivity index (χ4v) is 3.08. The largest absolute Gasteiger partial charge is 0.508 e. The molecule has 0 aliphatic rings. The average molecular weight is 375 g/mol. The SMILES string of the molecule is O=C(COC(=O)Cc1coc2cc(O)ccc12)Nc1cccc2ccccc12. The first kappa shape index (κ1) is 17.6. The van der Waals surface area contributed by atoms with Crippen LogP contribution in [-0.4, -0.2) is 23.6 Å². The Balaban J connectivity index is 1.37. The van der Waals surface area contributed by atoms with Crippen molar-refractivity contribution in [3.8, 4) is 5.75 Å². The number of carbonyl (C=O) groups is 2. The number of hydrogen-bond acceptors (Lipinski definition) is 5. The molecule has 2 N–H and O–H groups in total. The van der Waals surface area contributed by atoms with Gasteiger partial charge in [-0.2, -0.15) is 0 Å². The number of rotatable bonds is 5. The molecule has 1 aromatic heterocycles. The summed E-state index contributed by atoms with van der Waals surface area (Å²) in [4.78, 5) is 24.3.